The van der Waals surface area contributed by atoms with Crippen molar-refractivity contribution in [2.45, 2.75) is 39.7 Å². The molecule has 0 spiro atoms. The number of carboxylic acid groups (broad SMARTS) is 1. The van der Waals surface area contributed by atoms with E-state index in [2.05, 4.69) is 19.2 Å². The maximum Gasteiger partial charge on any atom is 0.337 e. The molecule has 25 heavy (non-hydrogen) atoms. The molecule has 0 saturated carbocycles. The summed E-state index contributed by atoms with van der Waals surface area (Å²) in [5.74, 6) is -0.0821. The summed E-state index contributed by atoms with van der Waals surface area (Å²) >= 11 is 1.64. The van der Waals surface area contributed by atoms with Gasteiger partial charge in [0.2, 0.25) is 0 Å². The lowest BCUT2D eigenvalue weighted by atomic mass is 9.76. The Morgan fingerprint density at radius 1 is 1.40 bits per heavy atom. The molecule has 2 N–H and O–H groups in total. The number of ether oxygens (including phenoxy) is 1. The predicted octanol–water partition coefficient (Wildman–Crippen LogP) is 4.36. The summed E-state index contributed by atoms with van der Waals surface area (Å²) in [7, 11) is 3.53. The van der Waals surface area contributed by atoms with Crippen molar-refractivity contribution in [3.8, 4) is 16.2 Å². The SMILES string of the molecule is CNCc1ccc(OC)cc1-c1sc2c(c1C(=O)O)CC(C)(C)CC2. The Balaban J connectivity index is 2.21. The average molecular weight is 359 g/mol. The summed E-state index contributed by atoms with van der Waals surface area (Å²) in [5, 5.41) is 13.1. The molecule has 5 heteroatoms. The van der Waals surface area contributed by atoms with E-state index in [0.29, 0.717) is 12.1 Å². The Morgan fingerprint density at radius 2 is 2.16 bits per heavy atom. The fraction of sp³-hybridized carbons (Fsp3) is 0.450. The first-order valence-corrected chi connectivity index (χ1v) is 9.37. The maximum absolute atomic E-state index is 12.1. The zero-order valence-electron chi connectivity index (χ0n) is 15.2. The lowest BCUT2D eigenvalue weighted by molar-refractivity contribution is 0.0696. The van der Waals surface area contributed by atoms with Gasteiger partial charge in [0.25, 0.3) is 0 Å². The van der Waals surface area contributed by atoms with Crippen molar-refractivity contribution in [2.24, 2.45) is 5.41 Å². The van der Waals surface area contributed by atoms with Gasteiger partial charge in [-0.1, -0.05) is 19.9 Å². The lowest BCUT2D eigenvalue weighted by Gasteiger charge is -2.29. The fourth-order valence-corrected chi connectivity index (χ4v) is 4.93. The van der Waals surface area contributed by atoms with Crippen molar-refractivity contribution in [1.82, 2.24) is 5.32 Å². The minimum Gasteiger partial charge on any atom is -0.497 e. The highest BCUT2D eigenvalue weighted by molar-refractivity contribution is 7.16. The topological polar surface area (TPSA) is 58.6 Å². The second-order valence-electron chi connectivity index (χ2n) is 7.41. The van der Waals surface area contributed by atoms with Crippen LogP contribution in [0.1, 0.15) is 46.6 Å². The van der Waals surface area contributed by atoms with Crippen LogP contribution in [0.4, 0.5) is 0 Å². The van der Waals surface area contributed by atoms with E-state index in [1.54, 1.807) is 18.4 Å². The summed E-state index contributed by atoms with van der Waals surface area (Å²) in [4.78, 5) is 14.2. The van der Waals surface area contributed by atoms with Crippen molar-refractivity contribution >= 4 is 17.3 Å². The molecule has 1 aliphatic carbocycles. The quantitative estimate of drug-likeness (QED) is 0.833. The number of aryl methyl sites for hydroxylation is 1. The number of aromatic carboxylic acids is 1. The van der Waals surface area contributed by atoms with E-state index >= 15 is 0 Å². The zero-order valence-corrected chi connectivity index (χ0v) is 16.0. The van der Waals surface area contributed by atoms with Gasteiger partial charge in [0.15, 0.2) is 0 Å². The van der Waals surface area contributed by atoms with Crippen LogP contribution in [0.3, 0.4) is 0 Å². The molecule has 0 fully saturated rings. The summed E-state index contributed by atoms with van der Waals surface area (Å²) in [6, 6.07) is 5.90. The van der Waals surface area contributed by atoms with Gasteiger partial charge in [0, 0.05) is 21.9 Å². The van der Waals surface area contributed by atoms with Crippen LogP contribution in [0.15, 0.2) is 18.2 Å². The highest BCUT2D eigenvalue weighted by Crippen LogP contribution is 2.46. The fourth-order valence-electron chi connectivity index (χ4n) is 3.57. The monoisotopic (exact) mass is 359 g/mol. The van der Waals surface area contributed by atoms with Gasteiger partial charge in [-0.05, 0) is 55.0 Å². The number of nitrogens with one attached hydrogen (secondary N) is 1. The molecule has 0 aliphatic heterocycles. The second-order valence-corrected chi connectivity index (χ2v) is 8.51. The molecule has 3 rings (SSSR count). The number of carboxylic acids is 1. The van der Waals surface area contributed by atoms with Crippen LogP contribution < -0.4 is 10.1 Å². The molecular formula is C20H25NO3S. The number of rotatable bonds is 5. The number of methoxy groups -OCH3 is 1. The Bertz CT molecular complexity index is 808. The first-order valence-electron chi connectivity index (χ1n) is 8.56. The van der Waals surface area contributed by atoms with E-state index < -0.39 is 5.97 Å². The van der Waals surface area contributed by atoms with Gasteiger partial charge in [-0.25, -0.2) is 4.79 Å². The summed E-state index contributed by atoms with van der Waals surface area (Å²) in [5.41, 5.74) is 3.71. The Hall–Kier alpha value is -1.85. The van der Waals surface area contributed by atoms with E-state index in [0.717, 1.165) is 46.6 Å². The van der Waals surface area contributed by atoms with Crippen LogP contribution in [0.5, 0.6) is 5.75 Å². The minimum absolute atomic E-state index is 0.151. The van der Waals surface area contributed by atoms with Crippen LogP contribution in [-0.4, -0.2) is 25.2 Å². The molecule has 1 heterocycles. The third kappa shape index (κ3) is 3.44. The molecule has 0 bridgehead atoms. The third-order valence-electron chi connectivity index (χ3n) is 4.92. The lowest BCUT2D eigenvalue weighted by Crippen LogP contribution is -2.22. The van der Waals surface area contributed by atoms with Crippen LogP contribution in [0.2, 0.25) is 0 Å². The normalized spacial score (nSPS) is 15.7. The van der Waals surface area contributed by atoms with E-state index in [9.17, 15) is 9.90 Å². The van der Waals surface area contributed by atoms with E-state index in [-0.39, 0.29) is 5.41 Å². The first-order chi connectivity index (χ1) is 11.9. The van der Waals surface area contributed by atoms with E-state index in [1.807, 2.05) is 25.2 Å². The van der Waals surface area contributed by atoms with Gasteiger partial charge in [-0.2, -0.15) is 0 Å². The summed E-state index contributed by atoms with van der Waals surface area (Å²) in [6.45, 7) is 5.13. The molecule has 0 unspecified atom stereocenters. The highest BCUT2D eigenvalue weighted by Gasteiger charge is 2.33. The standard InChI is InChI=1S/C20H25NO3S/c1-20(2)8-7-16-15(10-20)17(19(22)23)18(25-16)14-9-13(24-4)6-5-12(14)11-21-3/h5-6,9,21H,7-8,10-11H2,1-4H3,(H,22,23). The largest absolute Gasteiger partial charge is 0.497 e. The van der Waals surface area contributed by atoms with Crippen LogP contribution in [-0.2, 0) is 19.4 Å². The Kier molecular flexibility index (Phi) is 4.89. The Morgan fingerprint density at radius 3 is 2.80 bits per heavy atom. The van der Waals surface area contributed by atoms with E-state index in [1.165, 1.54) is 4.88 Å². The average Bonchev–Trinajstić information content (AvgIpc) is 2.92. The Labute approximate surface area is 152 Å². The molecule has 0 atom stereocenters. The van der Waals surface area contributed by atoms with Crippen molar-refractivity contribution in [3.05, 3.63) is 39.8 Å². The second kappa shape index (κ2) is 6.81. The predicted molar refractivity (Wildman–Crippen MR) is 102 cm³/mol. The molecule has 0 amide bonds. The van der Waals surface area contributed by atoms with Crippen LogP contribution in [0.25, 0.3) is 10.4 Å². The van der Waals surface area contributed by atoms with Gasteiger partial charge in [-0.3, -0.25) is 0 Å². The van der Waals surface area contributed by atoms with Crippen LogP contribution >= 0.6 is 11.3 Å². The van der Waals surface area contributed by atoms with Gasteiger partial charge < -0.3 is 15.2 Å². The van der Waals surface area contributed by atoms with Gasteiger partial charge in [0.1, 0.15) is 5.75 Å². The zero-order chi connectivity index (χ0) is 18.2. The van der Waals surface area contributed by atoms with Crippen molar-refractivity contribution < 1.29 is 14.6 Å². The van der Waals surface area contributed by atoms with Crippen LogP contribution in [0, 0.1) is 5.41 Å². The molecule has 4 nitrogen and oxygen atoms in total. The minimum atomic E-state index is -0.830. The number of thiophene rings is 1. The van der Waals surface area contributed by atoms with Gasteiger partial charge >= 0.3 is 5.97 Å². The van der Waals surface area contributed by atoms with Gasteiger partial charge in [0.05, 0.1) is 12.7 Å². The molecule has 1 aliphatic rings. The molecule has 1 aromatic heterocycles. The third-order valence-corrected chi connectivity index (χ3v) is 6.24. The number of carbonyl (C=O) groups is 1. The number of benzene rings is 1. The molecule has 2 aromatic rings. The molecule has 0 saturated heterocycles. The molecule has 0 radical (unpaired) electrons. The van der Waals surface area contributed by atoms with Crippen molar-refractivity contribution in [1.29, 1.82) is 0 Å². The van der Waals surface area contributed by atoms with Gasteiger partial charge in [-0.15, -0.1) is 11.3 Å². The smallest absolute Gasteiger partial charge is 0.337 e. The first kappa shape index (κ1) is 18.0. The summed E-state index contributed by atoms with van der Waals surface area (Å²) in [6.07, 6.45) is 2.88. The maximum atomic E-state index is 12.1. The van der Waals surface area contributed by atoms with Crippen molar-refractivity contribution in [3.63, 3.8) is 0 Å². The number of hydrogen-bond acceptors (Lipinski definition) is 4. The highest BCUT2D eigenvalue weighted by atomic mass is 32.1. The summed E-state index contributed by atoms with van der Waals surface area (Å²) < 4.78 is 5.38. The molecule has 134 valence electrons. The molecule has 1 aromatic carbocycles. The number of hydrogen-bond donors (Lipinski definition) is 2. The van der Waals surface area contributed by atoms with Crippen molar-refractivity contribution in [2.75, 3.05) is 14.2 Å². The van der Waals surface area contributed by atoms with E-state index in [4.69, 9.17) is 4.74 Å². The molecular weight excluding hydrogens is 334 g/mol. The number of fused-ring (bicyclic) bond motifs is 1.